The molecule has 0 saturated heterocycles. The van der Waals surface area contributed by atoms with E-state index in [1.807, 2.05) is 0 Å². The average molecular weight is 326 g/mol. The molecule has 6 heteroatoms. The highest BCUT2D eigenvalue weighted by molar-refractivity contribution is 5.51. The maximum Gasteiger partial charge on any atom is 0.204 e. The van der Waals surface area contributed by atoms with Crippen molar-refractivity contribution in [2.45, 2.75) is 6.42 Å². The minimum absolute atomic E-state index is 0.304. The smallest absolute Gasteiger partial charge is 0.204 e. The molecular weight excluding hydrogens is 312 g/mol. The highest BCUT2D eigenvalue weighted by Gasteiger charge is 2.25. The third kappa shape index (κ3) is 3.47. The molecule has 2 aromatic rings. The summed E-state index contributed by atoms with van der Waals surface area (Å²) >= 11 is 0. The summed E-state index contributed by atoms with van der Waals surface area (Å²) in [6.45, 7) is 0. The monoisotopic (exact) mass is 326 g/mol. The van der Waals surface area contributed by atoms with Gasteiger partial charge in [-0.05, 0) is 24.1 Å². The van der Waals surface area contributed by atoms with E-state index < -0.39 is 34.6 Å². The molecule has 2 aromatic carbocycles. The van der Waals surface area contributed by atoms with Gasteiger partial charge in [0.2, 0.25) is 11.6 Å². The van der Waals surface area contributed by atoms with Crippen LogP contribution in [0.1, 0.15) is 11.1 Å². The number of rotatable bonds is 5. The summed E-state index contributed by atoms with van der Waals surface area (Å²) in [5, 5.41) is 0. The highest BCUT2D eigenvalue weighted by Crippen LogP contribution is 2.30. The molecule has 0 N–H and O–H groups in total. The molecule has 0 aliphatic rings. The summed E-state index contributed by atoms with van der Waals surface area (Å²) in [6, 6.07) is 6.90. The summed E-state index contributed by atoms with van der Waals surface area (Å²) in [5.74, 6) is -6.40. The number of benzene rings is 2. The number of methoxy groups -OCH3 is 2. The van der Waals surface area contributed by atoms with Gasteiger partial charge < -0.3 is 9.47 Å². The van der Waals surface area contributed by atoms with Crippen LogP contribution in [0.25, 0.3) is 6.08 Å². The molecule has 23 heavy (non-hydrogen) atoms. The molecular formula is C17H14F4O2. The van der Waals surface area contributed by atoms with Gasteiger partial charge >= 0.3 is 0 Å². The van der Waals surface area contributed by atoms with Crippen LogP contribution in [-0.4, -0.2) is 14.2 Å². The van der Waals surface area contributed by atoms with Crippen molar-refractivity contribution in [3.05, 3.63) is 64.7 Å². The average Bonchev–Trinajstić information content (AvgIpc) is 2.57. The van der Waals surface area contributed by atoms with E-state index in [0.717, 1.165) is 12.7 Å². The number of ether oxygens (including phenoxy) is 2. The maximum absolute atomic E-state index is 13.8. The summed E-state index contributed by atoms with van der Waals surface area (Å²) in [5.41, 5.74) is 0.0617. The molecule has 0 bridgehead atoms. The van der Waals surface area contributed by atoms with Crippen molar-refractivity contribution in [2.24, 2.45) is 0 Å². The zero-order valence-electron chi connectivity index (χ0n) is 12.5. The third-order valence-corrected chi connectivity index (χ3v) is 3.27. The molecule has 0 fully saturated rings. The number of hydrogen-bond donors (Lipinski definition) is 0. The van der Waals surface area contributed by atoms with Crippen LogP contribution in [0.4, 0.5) is 17.6 Å². The molecule has 0 amide bonds. The maximum atomic E-state index is 13.8. The molecule has 0 saturated carbocycles. The Bertz CT molecular complexity index is 695. The SMILES string of the molecule is COc1ccc(/C=C/Cc2c(F)c(F)c(OC)c(F)c2F)cc1. The first-order valence-corrected chi connectivity index (χ1v) is 6.69. The lowest BCUT2D eigenvalue weighted by Crippen LogP contribution is -2.05. The summed E-state index contributed by atoms with van der Waals surface area (Å²) < 4.78 is 64.1. The van der Waals surface area contributed by atoms with Crippen molar-refractivity contribution in [1.82, 2.24) is 0 Å². The van der Waals surface area contributed by atoms with Crippen LogP contribution in [0.3, 0.4) is 0 Å². The van der Waals surface area contributed by atoms with E-state index in [1.165, 1.54) is 13.2 Å². The van der Waals surface area contributed by atoms with Gasteiger partial charge in [-0.1, -0.05) is 24.3 Å². The zero-order chi connectivity index (χ0) is 17.0. The van der Waals surface area contributed by atoms with E-state index >= 15 is 0 Å². The van der Waals surface area contributed by atoms with Crippen LogP contribution in [-0.2, 0) is 6.42 Å². The molecule has 0 aromatic heterocycles. The second-order valence-corrected chi connectivity index (χ2v) is 4.65. The molecule has 2 rings (SSSR count). The molecule has 0 aliphatic heterocycles. The van der Waals surface area contributed by atoms with Crippen LogP contribution < -0.4 is 9.47 Å². The van der Waals surface area contributed by atoms with Gasteiger partial charge in [0.1, 0.15) is 5.75 Å². The lowest BCUT2D eigenvalue weighted by molar-refractivity contribution is 0.329. The highest BCUT2D eigenvalue weighted by atomic mass is 19.2. The molecule has 0 aliphatic carbocycles. The van der Waals surface area contributed by atoms with Crippen molar-refractivity contribution in [2.75, 3.05) is 14.2 Å². The van der Waals surface area contributed by atoms with Crippen LogP contribution >= 0.6 is 0 Å². The second-order valence-electron chi connectivity index (χ2n) is 4.65. The first kappa shape index (κ1) is 16.9. The first-order chi connectivity index (χ1) is 11.0. The van der Waals surface area contributed by atoms with Gasteiger partial charge in [-0.2, -0.15) is 8.78 Å². The Kier molecular flexibility index (Phi) is 5.26. The van der Waals surface area contributed by atoms with Gasteiger partial charge in [-0.25, -0.2) is 8.78 Å². The molecule has 0 radical (unpaired) electrons. The molecule has 122 valence electrons. The van der Waals surface area contributed by atoms with Gasteiger partial charge in [0, 0.05) is 5.56 Å². The van der Waals surface area contributed by atoms with E-state index in [1.54, 1.807) is 30.3 Å². The van der Waals surface area contributed by atoms with Crippen molar-refractivity contribution in [1.29, 1.82) is 0 Å². The third-order valence-electron chi connectivity index (χ3n) is 3.27. The van der Waals surface area contributed by atoms with Crippen molar-refractivity contribution < 1.29 is 27.0 Å². The normalized spacial score (nSPS) is 11.0. The van der Waals surface area contributed by atoms with Gasteiger partial charge in [0.25, 0.3) is 0 Å². The fraction of sp³-hybridized carbons (Fsp3) is 0.176. The lowest BCUT2D eigenvalue weighted by atomic mass is 10.1. The summed E-state index contributed by atoms with van der Waals surface area (Å²) in [7, 11) is 2.47. The minimum Gasteiger partial charge on any atom is -0.497 e. The van der Waals surface area contributed by atoms with Crippen molar-refractivity contribution in [3.63, 3.8) is 0 Å². The second kappa shape index (κ2) is 7.17. The van der Waals surface area contributed by atoms with Crippen LogP contribution in [0.15, 0.2) is 30.3 Å². The lowest BCUT2D eigenvalue weighted by Gasteiger charge is -2.09. The Labute approximate surface area is 131 Å². The first-order valence-electron chi connectivity index (χ1n) is 6.69. The predicted octanol–water partition coefficient (Wildman–Crippen LogP) is 4.52. The standard InChI is InChI=1S/C17H14F4O2/c1-22-11-8-6-10(7-9-11)4-3-5-12-13(18)15(20)17(23-2)16(21)14(12)19/h3-4,6-9H,5H2,1-2H3/b4-3+. The van der Waals surface area contributed by atoms with Crippen molar-refractivity contribution in [3.8, 4) is 11.5 Å². The van der Waals surface area contributed by atoms with E-state index in [0.29, 0.717) is 5.75 Å². The Morgan fingerprint density at radius 3 is 1.87 bits per heavy atom. The number of allylic oxidation sites excluding steroid dienone is 1. The van der Waals surface area contributed by atoms with E-state index in [2.05, 4.69) is 4.74 Å². The van der Waals surface area contributed by atoms with Crippen LogP contribution in [0.5, 0.6) is 11.5 Å². The summed E-state index contributed by atoms with van der Waals surface area (Å²) in [4.78, 5) is 0. The predicted molar refractivity (Wildman–Crippen MR) is 78.6 cm³/mol. The van der Waals surface area contributed by atoms with Gasteiger partial charge in [-0.3, -0.25) is 0 Å². The number of halogens is 4. The van der Waals surface area contributed by atoms with Gasteiger partial charge in [0.15, 0.2) is 17.4 Å². The largest absolute Gasteiger partial charge is 0.497 e. The van der Waals surface area contributed by atoms with E-state index in [-0.39, 0.29) is 6.42 Å². The van der Waals surface area contributed by atoms with Crippen molar-refractivity contribution >= 4 is 6.08 Å². The molecule has 0 atom stereocenters. The van der Waals surface area contributed by atoms with Crippen LogP contribution in [0.2, 0.25) is 0 Å². The number of hydrogen-bond acceptors (Lipinski definition) is 2. The Balaban J connectivity index is 2.24. The molecule has 2 nitrogen and oxygen atoms in total. The fourth-order valence-electron chi connectivity index (χ4n) is 2.04. The quantitative estimate of drug-likeness (QED) is 0.594. The molecule has 0 unspecified atom stereocenters. The van der Waals surface area contributed by atoms with Crippen LogP contribution in [0, 0.1) is 23.3 Å². The minimum atomic E-state index is -1.54. The Morgan fingerprint density at radius 1 is 0.826 bits per heavy atom. The van der Waals surface area contributed by atoms with Gasteiger partial charge in [-0.15, -0.1) is 0 Å². The molecule has 0 spiro atoms. The molecule has 0 heterocycles. The zero-order valence-corrected chi connectivity index (χ0v) is 12.5. The van der Waals surface area contributed by atoms with E-state index in [9.17, 15) is 17.6 Å². The van der Waals surface area contributed by atoms with E-state index in [4.69, 9.17) is 4.74 Å². The fourth-order valence-corrected chi connectivity index (χ4v) is 2.04. The van der Waals surface area contributed by atoms with Gasteiger partial charge in [0.05, 0.1) is 14.2 Å². The topological polar surface area (TPSA) is 18.5 Å². The Morgan fingerprint density at radius 2 is 1.39 bits per heavy atom. The Hall–Kier alpha value is -2.50. The summed E-state index contributed by atoms with van der Waals surface area (Å²) in [6.07, 6.45) is 2.69.